The summed E-state index contributed by atoms with van der Waals surface area (Å²) in [4.78, 5) is 0.0446. The van der Waals surface area contributed by atoms with Crippen molar-refractivity contribution in [1.29, 1.82) is 0 Å². The molecule has 102 valence electrons. The summed E-state index contributed by atoms with van der Waals surface area (Å²) in [6.45, 7) is 10.4. The first-order valence-electron chi connectivity index (χ1n) is 6.56. The van der Waals surface area contributed by atoms with Gasteiger partial charge in [-0.25, -0.2) is 0 Å². The summed E-state index contributed by atoms with van der Waals surface area (Å²) >= 11 is 3.65. The molecule has 0 heterocycles. The molecule has 4 atom stereocenters. The van der Waals surface area contributed by atoms with Gasteiger partial charge in [0.2, 0.25) is 0 Å². The summed E-state index contributed by atoms with van der Waals surface area (Å²) in [5.74, 6) is 0. The van der Waals surface area contributed by atoms with Gasteiger partial charge in [-0.3, -0.25) is 0 Å². The minimum atomic E-state index is -0.709. The molecule has 0 amide bonds. The molecule has 0 aliphatic heterocycles. The highest BCUT2D eigenvalue weighted by Crippen LogP contribution is 2.60. The van der Waals surface area contributed by atoms with Gasteiger partial charge in [-0.05, 0) is 31.6 Å². The Kier molecular flexibility index (Phi) is 3.33. The van der Waals surface area contributed by atoms with Crippen LogP contribution in [0.3, 0.4) is 0 Å². The second-order valence-electron chi connectivity index (χ2n) is 6.66. The van der Waals surface area contributed by atoms with Crippen LogP contribution in [0.1, 0.15) is 40.0 Å². The number of halogens is 1. The highest BCUT2D eigenvalue weighted by molar-refractivity contribution is 9.09. The van der Waals surface area contributed by atoms with Crippen molar-refractivity contribution < 1.29 is 10.2 Å². The van der Waals surface area contributed by atoms with E-state index in [-0.39, 0.29) is 21.8 Å². The molecule has 0 bridgehead atoms. The molecule has 1 fully saturated rings. The summed E-state index contributed by atoms with van der Waals surface area (Å²) in [5.41, 5.74) is 0.138. The number of rotatable bonds is 0. The van der Waals surface area contributed by atoms with Crippen molar-refractivity contribution in [3.8, 4) is 0 Å². The maximum absolute atomic E-state index is 10.1. The predicted octanol–water partition coefficient (Wildman–Crippen LogP) is 3.18. The lowest BCUT2D eigenvalue weighted by Gasteiger charge is -2.56. The van der Waals surface area contributed by atoms with E-state index in [4.69, 9.17) is 0 Å². The zero-order valence-electron chi connectivity index (χ0n) is 11.4. The molecule has 2 N–H and O–H groups in total. The van der Waals surface area contributed by atoms with Crippen LogP contribution in [0.15, 0.2) is 24.3 Å². The average molecular weight is 315 g/mol. The summed E-state index contributed by atoms with van der Waals surface area (Å²) in [7, 11) is 0. The number of allylic oxidation sites excluding steroid dienone is 1. The molecule has 2 rings (SSSR count). The van der Waals surface area contributed by atoms with Crippen molar-refractivity contribution in [2.24, 2.45) is 10.8 Å². The molecule has 2 aliphatic rings. The Morgan fingerprint density at radius 3 is 2.39 bits per heavy atom. The lowest BCUT2D eigenvalue weighted by atomic mass is 9.51. The summed E-state index contributed by atoms with van der Waals surface area (Å²) in [5, 5.41) is 20.2. The number of hydrogen-bond donors (Lipinski definition) is 2. The van der Waals surface area contributed by atoms with Gasteiger partial charge >= 0.3 is 0 Å². The fraction of sp³-hybridized carbons (Fsp3) is 0.733. The van der Waals surface area contributed by atoms with E-state index in [1.807, 2.05) is 13.0 Å². The first-order valence-corrected chi connectivity index (χ1v) is 7.47. The molecule has 1 spiro atoms. The number of aliphatic hydroxyl groups is 2. The minimum absolute atomic E-state index is 0.0446. The Bertz CT molecular complexity index is 397. The van der Waals surface area contributed by atoms with Crippen molar-refractivity contribution in [2.75, 3.05) is 0 Å². The second kappa shape index (κ2) is 4.19. The van der Waals surface area contributed by atoms with Gasteiger partial charge in [-0.2, -0.15) is 0 Å². The molecule has 0 aromatic rings. The fourth-order valence-electron chi connectivity index (χ4n) is 3.49. The van der Waals surface area contributed by atoms with E-state index in [9.17, 15) is 10.2 Å². The Balaban J connectivity index is 2.45. The minimum Gasteiger partial charge on any atom is -0.392 e. The van der Waals surface area contributed by atoms with Crippen LogP contribution in [0.5, 0.6) is 0 Å². The molecule has 0 radical (unpaired) electrons. The Hall–Kier alpha value is -0.120. The first kappa shape index (κ1) is 14.3. The highest BCUT2D eigenvalue weighted by Gasteiger charge is 2.55. The molecule has 2 unspecified atom stereocenters. The Morgan fingerprint density at radius 1 is 1.28 bits per heavy atom. The third-order valence-electron chi connectivity index (χ3n) is 5.02. The molecular weight excluding hydrogens is 292 g/mol. The molecule has 2 aliphatic carbocycles. The molecule has 0 saturated heterocycles. The number of hydrogen-bond acceptors (Lipinski definition) is 2. The maximum Gasteiger partial charge on any atom is 0.0800 e. The van der Waals surface area contributed by atoms with Crippen LogP contribution in [0, 0.1) is 10.8 Å². The monoisotopic (exact) mass is 314 g/mol. The standard InChI is InChI=1S/C15H23BrO2/c1-10-9-11(17)12(16)13(2,3)15(10)7-5-14(4,18)6-8-15/h5,7,11-12,17-18H,1,6,8-9H2,2-4H3/t11-,12+,14?,15?/m0/s1. The van der Waals surface area contributed by atoms with E-state index in [1.165, 1.54) is 0 Å². The van der Waals surface area contributed by atoms with E-state index in [0.29, 0.717) is 6.42 Å². The first-order chi connectivity index (χ1) is 8.12. The van der Waals surface area contributed by atoms with Crippen LogP contribution in [-0.2, 0) is 0 Å². The summed E-state index contributed by atoms with van der Waals surface area (Å²) in [6, 6.07) is 0. The van der Waals surface area contributed by atoms with Gasteiger partial charge in [0.15, 0.2) is 0 Å². The van der Waals surface area contributed by atoms with Crippen LogP contribution in [0.25, 0.3) is 0 Å². The molecule has 0 aromatic carbocycles. The van der Waals surface area contributed by atoms with Crippen molar-refractivity contribution in [2.45, 2.75) is 56.6 Å². The SMILES string of the molecule is C=C1C[C@H](O)[C@@H](Br)C(C)(C)C12C=CC(C)(O)CC2. The Morgan fingerprint density at radius 2 is 1.89 bits per heavy atom. The van der Waals surface area contributed by atoms with Crippen LogP contribution < -0.4 is 0 Å². The van der Waals surface area contributed by atoms with Gasteiger partial charge in [-0.1, -0.05) is 54.1 Å². The van der Waals surface area contributed by atoms with E-state index in [1.54, 1.807) is 0 Å². The predicted molar refractivity (Wildman–Crippen MR) is 77.7 cm³/mol. The Labute approximate surface area is 118 Å². The van der Waals surface area contributed by atoms with Gasteiger partial charge in [0, 0.05) is 10.2 Å². The van der Waals surface area contributed by atoms with Crippen LogP contribution in [-0.4, -0.2) is 26.7 Å². The van der Waals surface area contributed by atoms with Gasteiger partial charge in [0.25, 0.3) is 0 Å². The molecule has 0 aromatic heterocycles. The van der Waals surface area contributed by atoms with Gasteiger partial charge in [-0.15, -0.1) is 0 Å². The van der Waals surface area contributed by atoms with E-state index in [0.717, 1.165) is 18.4 Å². The third kappa shape index (κ3) is 1.91. The largest absolute Gasteiger partial charge is 0.392 e. The fourth-order valence-corrected chi connectivity index (χ4v) is 4.09. The van der Waals surface area contributed by atoms with E-state index < -0.39 is 5.60 Å². The van der Waals surface area contributed by atoms with Crippen LogP contribution >= 0.6 is 15.9 Å². The zero-order chi connectivity index (χ0) is 13.8. The number of aliphatic hydroxyl groups excluding tert-OH is 1. The molecule has 2 nitrogen and oxygen atoms in total. The smallest absolute Gasteiger partial charge is 0.0800 e. The van der Waals surface area contributed by atoms with E-state index >= 15 is 0 Å². The summed E-state index contributed by atoms with van der Waals surface area (Å²) < 4.78 is 0. The van der Waals surface area contributed by atoms with Gasteiger partial charge in [0.05, 0.1) is 11.7 Å². The molecule has 18 heavy (non-hydrogen) atoms. The molecule has 3 heteroatoms. The van der Waals surface area contributed by atoms with Crippen molar-refractivity contribution in [3.63, 3.8) is 0 Å². The van der Waals surface area contributed by atoms with Crippen molar-refractivity contribution >= 4 is 15.9 Å². The quantitative estimate of drug-likeness (QED) is 0.532. The third-order valence-corrected chi connectivity index (χ3v) is 6.77. The zero-order valence-corrected chi connectivity index (χ0v) is 13.0. The van der Waals surface area contributed by atoms with Crippen molar-refractivity contribution in [3.05, 3.63) is 24.3 Å². The van der Waals surface area contributed by atoms with Gasteiger partial charge in [0.1, 0.15) is 0 Å². The van der Waals surface area contributed by atoms with Crippen molar-refractivity contribution in [1.82, 2.24) is 0 Å². The lowest BCUT2D eigenvalue weighted by Crippen LogP contribution is -2.54. The van der Waals surface area contributed by atoms with Crippen LogP contribution in [0.4, 0.5) is 0 Å². The average Bonchev–Trinajstić information content (AvgIpc) is 2.26. The molecule has 1 saturated carbocycles. The summed E-state index contributed by atoms with van der Waals surface area (Å²) in [6.07, 6.45) is 5.90. The van der Waals surface area contributed by atoms with E-state index in [2.05, 4.69) is 42.4 Å². The molecular formula is C15H23BrO2. The lowest BCUT2D eigenvalue weighted by molar-refractivity contribution is 0.00234. The topological polar surface area (TPSA) is 40.5 Å². The second-order valence-corrected chi connectivity index (χ2v) is 7.65. The normalized spacial score (nSPS) is 47.6. The van der Waals surface area contributed by atoms with Gasteiger partial charge < -0.3 is 10.2 Å². The number of alkyl halides is 1. The van der Waals surface area contributed by atoms with Crippen LogP contribution in [0.2, 0.25) is 0 Å². The highest BCUT2D eigenvalue weighted by atomic mass is 79.9. The maximum atomic E-state index is 10.1.